The quantitative estimate of drug-likeness (QED) is 0.889. The van der Waals surface area contributed by atoms with E-state index in [4.69, 9.17) is 4.74 Å². The molecular weight excluding hydrogens is 276 g/mol. The van der Waals surface area contributed by atoms with Gasteiger partial charge in [0.25, 0.3) is 0 Å². The molecule has 3 heterocycles. The second kappa shape index (κ2) is 5.51. The van der Waals surface area contributed by atoms with Gasteiger partial charge in [-0.25, -0.2) is 4.98 Å². The Kier molecular flexibility index (Phi) is 3.73. The van der Waals surface area contributed by atoms with Crippen molar-refractivity contribution in [2.75, 3.05) is 37.0 Å². The van der Waals surface area contributed by atoms with Crippen molar-refractivity contribution in [3.05, 3.63) is 11.4 Å². The maximum atomic E-state index is 9.35. The number of anilines is 2. The third kappa shape index (κ3) is 2.44. The van der Waals surface area contributed by atoms with E-state index in [9.17, 15) is 5.11 Å². The molecule has 108 valence electrons. The van der Waals surface area contributed by atoms with Crippen LogP contribution in [0.2, 0.25) is 0 Å². The lowest BCUT2D eigenvalue weighted by molar-refractivity contribution is -0.0422. The van der Waals surface area contributed by atoms with E-state index < -0.39 is 0 Å². The van der Waals surface area contributed by atoms with Crippen LogP contribution >= 0.6 is 11.3 Å². The van der Waals surface area contributed by atoms with Gasteiger partial charge in [-0.1, -0.05) is 0 Å². The minimum atomic E-state index is -0.166. The zero-order valence-corrected chi connectivity index (χ0v) is 12.4. The summed E-state index contributed by atoms with van der Waals surface area (Å²) in [6.45, 7) is 3.45. The van der Waals surface area contributed by atoms with Crippen molar-refractivity contribution in [1.29, 1.82) is 0 Å². The Balaban J connectivity index is 2.01. The van der Waals surface area contributed by atoms with Crippen LogP contribution in [0.4, 0.5) is 11.8 Å². The molecule has 2 unspecified atom stereocenters. The number of nitrogens with zero attached hydrogens (tertiary/aromatic N) is 3. The van der Waals surface area contributed by atoms with E-state index in [1.807, 2.05) is 25.4 Å². The van der Waals surface area contributed by atoms with E-state index in [1.165, 1.54) is 0 Å². The van der Waals surface area contributed by atoms with Gasteiger partial charge in [0.1, 0.15) is 10.6 Å². The number of aliphatic hydroxyl groups is 1. The second-order valence-electron chi connectivity index (χ2n) is 4.92. The van der Waals surface area contributed by atoms with E-state index in [0.29, 0.717) is 12.5 Å². The summed E-state index contributed by atoms with van der Waals surface area (Å²) >= 11 is 1.60. The van der Waals surface area contributed by atoms with Crippen LogP contribution in [0.25, 0.3) is 10.2 Å². The van der Waals surface area contributed by atoms with Gasteiger partial charge in [-0.3, -0.25) is 0 Å². The Labute approximate surface area is 121 Å². The third-order valence-electron chi connectivity index (χ3n) is 3.36. The summed E-state index contributed by atoms with van der Waals surface area (Å²) in [7, 11) is 1.82. The maximum Gasteiger partial charge on any atom is 0.225 e. The van der Waals surface area contributed by atoms with E-state index in [0.717, 1.165) is 22.6 Å². The molecule has 3 rings (SSSR count). The van der Waals surface area contributed by atoms with E-state index in [1.54, 1.807) is 11.3 Å². The van der Waals surface area contributed by atoms with Gasteiger partial charge in [0.2, 0.25) is 5.95 Å². The molecule has 1 saturated heterocycles. The summed E-state index contributed by atoms with van der Waals surface area (Å²) in [4.78, 5) is 12.2. The zero-order valence-electron chi connectivity index (χ0n) is 11.5. The van der Waals surface area contributed by atoms with E-state index >= 15 is 0 Å². The largest absolute Gasteiger partial charge is 0.394 e. The molecule has 2 aromatic heterocycles. The summed E-state index contributed by atoms with van der Waals surface area (Å²) in [6, 6.07) is 2.04. The molecular formula is C13H18N4O2S. The second-order valence-corrected chi connectivity index (χ2v) is 5.81. The fraction of sp³-hybridized carbons (Fsp3) is 0.538. The minimum absolute atomic E-state index is 0.0254. The molecule has 0 spiro atoms. The number of hydrogen-bond acceptors (Lipinski definition) is 7. The predicted molar refractivity (Wildman–Crippen MR) is 80.6 cm³/mol. The number of ether oxygens (including phenoxy) is 1. The van der Waals surface area contributed by atoms with Gasteiger partial charge >= 0.3 is 0 Å². The van der Waals surface area contributed by atoms with Crippen LogP contribution < -0.4 is 10.2 Å². The first-order valence-corrected chi connectivity index (χ1v) is 7.53. The highest BCUT2D eigenvalue weighted by Crippen LogP contribution is 2.30. The van der Waals surface area contributed by atoms with Crippen LogP contribution in [-0.2, 0) is 4.74 Å². The Morgan fingerprint density at radius 1 is 1.50 bits per heavy atom. The molecule has 1 aliphatic heterocycles. The standard InChI is InChI=1S/C13H18N4O2S/c1-8-5-17(6-9(7-18)19-8)11-10-3-4-20-12(10)16-13(14-2)15-11/h3-4,8-9,18H,5-7H2,1-2H3,(H,14,15,16). The fourth-order valence-electron chi connectivity index (χ4n) is 2.51. The summed E-state index contributed by atoms with van der Waals surface area (Å²) in [6.07, 6.45) is -0.0944. The molecule has 0 bridgehead atoms. The number of morpholine rings is 1. The SMILES string of the molecule is CNc1nc(N2CC(C)OC(CO)C2)c2ccsc2n1. The first-order chi connectivity index (χ1) is 9.71. The molecule has 0 aliphatic carbocycles. The number of aromatic nitrogens is 2. The lowest BCUT2D eigenvalue weighted by Gasteiger charge is -2.37. The lowest BCUT2D eigenvalue weighted by Crippen LogP contribution is -2.48. The Bertz CT molecular complexity index is 603. The first-order valence-electron chi connectivity index (χ1n) is 6.65. The number of nitrogens with one attached hydrogen (secondary N) is 1. The van der Waals surface area contributed by atoms with Crippen molar-refractivity contribution >= 4 is 33.3 Å². The molecule has 0 aromatic carbocycles. The highest BCUT2D eigenvalue weighted by molar-refractivity contribution is 7.16. The monoisotopic (exact) mass is 294 g/mol. The number of hydrogen-bond donors (Lipinski definition) is 2. The minimum Gasteiger partial charge on any atom is -0.394 e. The fourth-order valence-corrected chi connectivity index (χ4v) is 3.27. The molecule has 6 nitrogen and oxygen atoms in total. The van der Waals surface area contributed by atoms with Crippen molar-refractivity contribution in [1.82, 2.24) is 9.97 Å². The average molecular weight is 294 g/mol. The Hall–Kier alpha value is -1.44. The van der Waals surface area contributed by atoms with Gasteiger partial charge in [0.05, 0.1) is 24.2 Å². The smallest absolute Gasteiger partial charge is 0.225 e. The molecule has 2 atom stereocenters. The third-order valence-corrected chi connectivity index (χ3v) is 4.16. The average Bonchev–Trinajstić information content (AvgIpc) is 2.93. The molecule has 0 amide bonds. The molecule has 2 aromatic rings. The zero-order chi connectivity index (χ0) is 14.1. The molecule has 7 heteroatoms. The van der Waals surface area contributed by atoms with Crippen molar-refractivity contribution in [3.8, 4) is 0 Å². The number of aliphatic hydroxyl groups excluding tert-OH is 1. The van der Waals surface area contributed by atoms with Gasteiger partial charge in [-0.05, 0) is 18.4 Å². The Morgan fingerprint density at radius 3 is 3.10 bits per heavy atom. The van der Waals surface area contributed by atoms with Crippen molar-refractivity contribution in [2.24, 2.45) is 0 Å². The summed E-state index contributed by atoms with van der Waals surface area (Å²) in [5, 5.41) is 15.4. The van der Waals surface area contributed by atoms with Crippen molar-refractivity contribution in [3.63, 3.8) is 0 Å². The summed E-state index contributed by atoms with van der Waals surface area (Å²) in [5.41, 5.74) is 0. The topological polar surface area (TPSA) is 70.5 Å². The van der Waals surface area contributed by atoms with Crippen LogP contribution in [0.1, 0.15) is 6.92 Å². The van der Waals surface area contributed by atoms with Crippen LogP contribution in [-0.4, -0.2) is 54.0 Å². The maximum absolute atomic E-state index is 9.35. The molecule has 0 radical (unpaired) electrons. The highest BCUT2D eigenvalue weighted by atomic mass is 32.1. The molecule has 1 aliphatic rings. The molecule has 20 heavy (non-hydrogen) atoms. The van der Waals surface area contributed by atoms with Crippen LogP contribution in [0, 0.1) is 0 Å². The van der Waals surface area contributed by atoms with E-state index in [-0.39, 0.29) is 18.8 Å². The van der Waals surface area contributed by atoms with Gasteiger partial charge in [0.15, 0.2) is 0 Å². The van der Waals surface area contributed by atoms with Gasteiger partial charge in [-0.2, -0.15) is 4.98 Å². The molecule has 1 fully saturated rings. The van der Waals surface area contributed by atoms with Gasteiger partial charge in [-0.15, -0.1) is 11.3 Å². The van der Waals surface area contributed by atoms with Crippen LogP contribution in [0.15, 0.2) is 11.4 Å². The molecule has 0 saturated carbocycles. The normalized spacial score (nSPS) is 23.2. The number of rotatable bonds is 3. The van der Waals surface area contributed by atoms with Crippen LogP contribution in [0.3, 0.4) is 0 Å². The lowest BCUT2D eigenvalue weighted by atomic mass is 10.2. The van der Waals surface area contributed by atoms with Crippen molar-refractivity contribution in [2.45, 2.75) is 19.1 Å². The summed E-state index contributed by atoms with van der Waals surface area (Å²) < 4.78 is 5.69. The Morgan fingerprint density at radius 2 is 2.35 bits per heavy atom. The van der Waals surface area contributed by atoms with E-state index in [2.05, 4.69) is 20.2 Å². The highest BCUT2D eigenvalue weighted by Gasteiger charge is 2.27. The first kappa shape index (κ1) is 13.5. The van der Waals surface area contributed by atoms with Gasteiger partial charge < -0.3 is 20.1 Å². The van der Waals surface area contributed by atoms with Crippen LogP contribution in [0.5, 0.6) is 0 Å². The number of thiophene rings is 1. The van der Waals surface area contributed by atoms with Gasteiger partial charge in [0, 0.05) is 20.1 Å². The predicted octanol–water partition coefficient (Wildman–Crippen LogP) is 1.32. The summed E-state index contributed by atoms with van der Waals surface area (Å²) in [5.74, 6) is 1.53. The number of fused-ring (bicyclic) bond motifs is 1. The molecule has 2 N–H and O–H groups in total. The van der Waals surface area contributed by atoms with Crippen molar-refractivity contribution < 1.29 is 9.84 Å².